The summed E-state index contributed by atoms with van der Waals surface area (Å²) in [5.74, 6) is 0.736. The van der Waals surface area contributed by atoms with Crippen LogP contribution in [-0.2, 0) is 11.2 Å². The van der Waals surface area contributed by atoms with Crippen LogP contribution in [0.5, 0.6) is 0 Å². The molecular formula is C16H23NO2S. The van der Waals surface area contributed by atoms with E-state index in [-0.39, 0.29) is 0 Å². The molecule has 2 aliphatic rings. The second kappa shape index (κ2) is 5.49. The number of hydrogen-bond acceptors (Lipinski definition) is 3. The van der Waals surface area contributed by atoms with Crippen LogP contribution in [0.25, 0.3) is 0 Å². The Bertz CT molecular complexity index is 488. The van der Waals surface area contributed by atoms with Gasteiger partial charge in [0, 0.05) is 17.5 Å². The Morgan fingerprint density at radius 3 is 2.65 bits per heavy atom. The number of thiophene rings is 1. The highest BCUT2D eigenvalue weighted by Crippen LogP contribution is 2.40. The summed E-state index contributed by atoms with van der Waals surface area (Å²) in [6.45, 7) is 5.51. The first-order valence-electron chi connectivity index (χ1n) is 7.61. The van der Waals surface area contributed by atoms with Crippen molar-refractivity contribution in [3.63, 3.8) is 0 Å². The van der Waals surface area contributed by atoms with Gasteiger partial charge in [-0.05, 0) is 54.5 Å². The maximum atomic E-state index is 11.8. The molecule has 0 spiro atoms. The molecule has 0 radical (unpaired) electrons. The van der Waals surface area contributed by atoms with Crippen molar-refractivity contribution >= 4 is 17.3 Å². The normalized spacial score (nSPS) is 34.7. The molecule has 3 nitrogen and oxygen atoms in total. The van der Waals surface area contributed by atoms with E-state index >= 15 is 0 Å². The molecule has 0 saturated heterocycles. The van der Waals surface area contributed by atoms with Crippen LogP contribution in [0.2, 0.25) is 0 Å². The summed E-state index contributed by atoms with van der Waals surface area (Å²) < 4.78 is 0. The Labute approximate surface area is 124 Å². The van der Waals surface area contributed by atoms with Gasteiger partial charge < -0.3 is 5.11 Å². The lowest BCUT2D eigenvalue weighted by atomic mass is 9.78. The topological polar surface area (TPSA) is 40.5 Å². The first-order chi connectivity index (χ1) is 9.56. The van der Waals surface area contributed by atoms with Gasteiger partial charge >= 0.3 is 5.97 Å². The third-order valence-corrected chi connectivity index (χ3v) is 5.86. The smallest absolute Gasteiger partial charge is 0.325 e. The van der Waals surface area contributed by atoms with Crippen LogP contribution >= 0.6 is 11.3 Å². The summed E-state index contributed by atoms with van der Waals surface area (Å²) in [5.41, 5.74) is 1.04. The van der Waals surface area contributed by atoms with Crippen molar-refractivity contribution in [1.82, 2.24) is 4.90 Å². The van der Waals surface area contributed by atoms with Gasteiger partial charge in [-0.3, -0.25) is 9.69 Å². The summed E-state index contributed by atoms with van der Waals surface area (Å²) in [6, 6.07) is 2.02. The lowest BCUT2D eigenvalue weighted by Crippen LogP contribution is -2.48. The van der Waals surface area contributed by atoms with E-state index in [9.17, 15) is 9.90 Å². The molecule has 1 saturated carbocycles. The van der Waals surface area contributed by atoms with E-state index in [1.165, 1.54) is 11.3 Å². The lowest BCUT2D eigenvalue weighted by molar-refractivity contribution is -0.145. The first-order valence-corrected chi connectivity index (χ1v) is 8.49. The van der Waals surface area contributed by atoms with Crippen molar-refractivity contribution in [3.05, 3.63) is 21.9 Å². The number of aliphatic carboxylic acids is 1. The van der Waals surface area contributed by atoms with Gasteiger partial charge in [0.1, 0.15) is 6.04 Å². The number of carboxylic acids is 1. The summed E-state index contributed by atoms with van der Waals surface area (Å²) in [5, 5.41) is 11.7. The molecule has 1 fully saturated rings. The molecule has 4 heteroatoms. The minimum atomic E-state index is -0.685. The minimum Gasteiger partial charge on any atom is -0.480 e. The number of fused-ring (bicyclic) bond motifs is 1. The lowest BCUT2D eigenvalue weighted by Gasteiger charge is -2.43. The van der Waals surface area contributed by atoms with Crippen LogP contribution in [0, 0.1) is 11.8 Å². The Hall–Kier alpha value is -0.870. The van der Waals surface area contributed by atoms with Crippen molar-refractivity contribution in [1.29, 1.82) is 0 Å². The van der Waals surface area contributed by atoms with E-state index < -0.39 is 12.0 Å². The zero-order valence-corrected chi connectivity index (χ0v) is 13.0. The van der Waals surface area contributed by atoms with Crippen LogP contribution in [0.15, 0.2) is 11.4 Å². The van der Waals surface area contributed by atoms with E-state index in [0.717, 1.165) is 31.4 Å². The molecule has 1 aliphatic heterocycles. The maximum absolute atomic E-state index is 11.8. The number of nitrogens with zero attached hydrogens (tertiary/aromatic N) is 1. The molecule has 1 aromatic rings. The van der Waals surface area contributed by atoms with Crippen LogP contribution in [0.3, 0.4) is 0 Å². The van der Waals surface area contributed by atoms with Gasteiger partial charge in [0.2, 0.25) is 0 Å². The highest BCUT2D eigenvalue weighted by Gasteiger charge is 2.39. The second-order valence-corrected chi connectivity index (χ2v) is 7.60. The molecule has 2 heterocycles. The molecule has 0 bridgehead atoms. The van der Waals surface area contributed by atoms with Gasteiger partial charge in [-0.25, -0.2) is 0 Å². The van der Waals surface area contributed by atoms with Crippen molar-refractivity contribution in [2.24, 2.45) is 11.8 Å². The molecule has 1 N–H and O–H groups in total. The minimum absolute atomic E-state index is 0.424. The Balaban J connectivity index is 1.87. The molecule has 3 rings (SSSR count). The van der Waals surface area contributed by atoms with E-state index in [2.05, 4.69) is 18.7 Å². The maximum Gasteiger partial charge on any atom is 0.325 e. The zero-order chi connectivity index (χ0) is 14.3. The largest absolute Gasteiger partial charge is 0.480 e. The molecule has 1 aliphatic carbocycles. The number of hydrogen-bond donors (Lipinski definition) is 1. The van der Waals surface area contributed by atoms with E-state index in [1.54, 1.807) is 11.3 Å². The molecule has 1 aromatic heterocycles. The van der Waals surface area contributed by atoms with Crippen LogP contribution in [-0.4, -0.2) is 28.6 Å². The standard InChI is InChI=1S/C16H23NO2S/c1-10-7-11(2)9-12(8-10)17-5-3-14-13(4-6-20-14)15(17)16(18)19/h4,6,10-12,15H,3,5,7-9H2,1-2H3,(H,18,19). The van der Waals surface area contributed by atoms with Gasteiger partial charge in [0.25, 0.3) is 0 Å². The average Bonchev–Trinajstić information content (AvgIpc) is 2.83. The van der Waals surface area contributed by atoms with Crippen LogP contribution in [0.4, 0.5) is 0 Å². The van der Waals surface area contributed by atoms with E-state index in [1.807, 2.05) is 11.4 Å². The number of carbonyl (C=O) groups is 1. The third-order valence-electron chi connectivity index (χ3n) is 4.86. The highest BCUT2D eigenvalue weighted by atomic mass is 32.1. The molecule has 20 heavy (non-hydrogen) atoms. The number of rotatable bonds is 2. The molecular weight excluding hydrogens is 270 g/mol. The van der Waals surface area contributed by atoms with Crippen molar-refractivity contribution in [2.45, 2.75) is 51.6 Å². The van der Waals surface area contributed by atoms with Crippen LogP contribution in [0.1, 0.15) is 49.6 Å². The fourth-order valence-corrected chi connectivity index (χ4v) is 5.08. The van der Waals surface area contributed by atoms with Crippen molar-refractivity contribution in [2.75, 3.05) is 6.54 Å². The molecule has 110 valence electrons. The van der Waals surface area contributed by atoms with E-state index in [0.29, 0.717) is 17.9 Å². The number of carboxylic acid groups (broad SMARTS) is 1. The van der Waals surface area contributed by atoms with Gasteiger partial charge in [-0.15, -0.1) is 11.3 Å². The second-order valence-electron chi connectivity index (χ2n) is 6.60. The predicted molar refractivity (Wildman–Crippen MR) is 81.1 cm³/mol. The Kier molecular flexibility index (Phi) is 3.87. The Morgan fingerprint density at radius 1 is 1.30 bits per heavy atom. The molecule has 3 atom stereocenters. The molecule has 0 aromatic carbocycles. The first kappa shape index (κ1) is 14.1. The third kappa shape index (κ3) is 2.51. The summed E-state index contributed by atoms with van der Waals surface area (Å²) >= 11 is 1.71. The Morgan fingerprint density at radius 2 is 2.00 bits per heavy atom. The van der Waals surface area contributed by atoms with Gasteiger partial charge in [-0.1, -0.05) is 13.8 Å². The van der Waals surface area contributed by atoms with Gasteiger partial charge in [0.05, 0.1) is 0 Å². The summed E-state index contributed by atoms with van der Waals surface area (Å²) in [4.78, 5) is 15.3. The monoisotopic (exact) mass is 293 g/mol. The SMILES string of the molecule is CC1CC(C)CC(N2CCc3sccc3C2C(=O)O)C1. The van der Waals surface area contributed by atoms with Crippen molar-refractivity contribution < 1.29 is 9.90 Å². The highest BCUT2D eigenvalue weighted by molar-refractivity contribution is 7.10. The van der Waals surface area contributed by atoms with Crippen LogP contribution < -0.4 is 0 Å². The quantitative estimate of drug-likeness (QED) is 0.906. The molecule has 0 amide bonds. The summed E-state index contributed by atoms with van der Waals surface area (Å²) in [7, 11) is 0. The van der Waals surface area contributed by atoms with E-state index in [4.69, 9.17) is 0 Å². The zero-order valence-electron chi connectivity index (χ0n) is 12.2. The fraction of sp³-hybridized carbons (Fsp3) is 0.688. The van der Waals surface area contributed by atoms with Gasteiger partial charge in [0.15, 0.2) is 0 Å². The summed E-state index contributed by atoms with van der Waals surface area (Å²) in [6.07, 6.45) is 4.59. The average molecular weight is 293 g/mol. The molecule has 3 unspecified atom stereocenters. The van der Waals surface area contributed by atoms with Gasteiger partial charge in [-0.2, -0.15) is 0 Å². The van der Waals surface area contributed by atoms with Crippen molar-refractivity contribution in [3.8, 4) is 0 Å². The predicted octanol–water partition coefficient (Wildman–Crippen LogP) is 3.56. The fourth-order valence-electron chi connectivity index (χ4n) is 4.18.